The van der Waals surface area contributed by atoms with E-state index in [-0.39, 0.29) is 46.0 Å². The van der Waals surface area contributed by atoms with E-state index in [0.29, 0.717) is 6.54 Å². The minimum absolute atomic E-state index is 0.0610. The molecule has 1 aliphatic heterocycles. The first kappa shape index (κ1) is 20.8. The van der Waals surface area contributed by atoms with Gasteiger partial charge in [-0.25, -0.2) is 14.5 Å². The summed E-state index contributed by atoms with van der Waals surface area (Å²) < 4.78 is 47.0. The predicted molar refractivity (Wildman–Crippen MR) is 105 cm³/mol. The molecule has 0 aromatic carbocycles. The highest BCUT2D eigenvalue weighted by Crippen LogP contribution is 2.38. The summed E-state index contributed by atoms with van der Waals surface area (Å²) in [5.74, 6) is -0.450. The van der Waals surface area contributed by atoms with E-state index in [4.69, 9.17) is 10.5 Å². The van der Waals surface area contributed by atoms with Crippen LogP contribution in [0.3, 0.4) is 0 Å². The Labute approximate surface area is 174 Å². The summed E-state index contributed by atoms with van der Waals surface area (Å²) in [4.78, 5) is 20.7. The van der Waals surface area contributed by atoms with E-state index in [1.165, 1.54) is 19.4 Å². The zero-order valence-corrected chi connectivity index (χ0v) is 16.7. The number of amides is 1. The SMILES string of the molecule is COc1ncc(-c2cc(C(F)(F)F)c3c(N)ncnn23)cc1C(=O)NC1CNCC1C. The van der Waals surface area contributed by atoms with E-state index in [2.05, 4.69) is 25.7 Å². The molecule has 0 spiro atoms. The highest BCUT2D eigenvalue weighted by atomic mass is 19.4. The number of fused-ring (bicyclic) bond motifs is 1. The van der Waals surface area contributed by atoms with Crippen molar-refractivity contribution in [1.82, 2.24) is 30.2 Å². The summed E-state index contributed by atoms with van der Waals surface area (Å²) in [7, 11) is 1.36. The highest BCUT2D eigenvalue weighted by molar-refractivity contribution is 5.98. The van der Waals surface area contributed by atoms with E-state index in [1.54, 1.807) is 0 Å². The smallest absolute Gasteiger partial charge is 0.418 e. The van der Waals surface area contributed by atoms with E-state index in [9.17, 15) is 18.0 Å². The second kappa shape index (κ2) is 7.69. The average Bonchev–Trinajstić information content (AvgIpc) is 3.32. The standard InChI is InChI=1S/C19H20F3N7O2/c1-9-5-24-7-13(9)28-17(30)11-3-10(6-25-18(11)31-2)14-4-12(19(20,21)22)15-16(23)26-8-27-29(14)15/h3-4,6,8-9,13,24H,5,7H2,1-2H3,(H,28,30)(H2,23,26,27). The third-order valence-electron chi connectivity index (χ3n) is 5.31. The molecule has 1 aliphatic rings. The molecule has 12 heteroatoms. The van der Waals surface area contributed by atoms with Crippen molar-refractivity contribution in [1.29, 1.82) is 0 Å². The number of nitrogens with one attached hydrogen (secondary N) is 2. The number of anilines is 1. The maximum absolute atomic E-state index is 13.6. The molecule has 2 atom stereocenters. The summed E-state index contributed by atoms with van der Waals surface area (Å²) in [5.41, 5.74) is 4.76. The third-order valence-corrected chi connectivity index (χ3v) is 5.31. The van der Waals surface area contributed by atoms with Crippen LogP contribution in [0.2, 0.25) is 0 Å². The molecule has 2 unspecified atom stereocenters. The van der Waals surface area contributed by atoms with Crippen molar-refractivity contribution in [3.63, 3.8) is 0 Å². The van der Waals surface area contributed by atoms with Gasteiger partial charge in [-0.15, -0.1) is 0 Å². The largest absolute Gasteiger partial charge is 0.480 e. The Balaban J connectivity index is 1.81. The molecule has 31 heavy (non-hydrogen) atoms. The van der Waals surface area contributed by atoms with Gasteiger partial charge in [0.1, 0.15) is 17.4 Å². The molecule has 1 amide bonds. The number of ether oxygens (including phenoxy) is 1. The van der Waals surface area contributed by atoms with Crippen molar-refractivity contribution < 1.29 is 22.7 Å². The Bertz CT molecular complexity index is 1150. The summed E-state index contributed by atoms with van der Waals surface area (Å²) in [6, 6.07) is 2.25. The number of methoxy groups -OCH3 is 1. The van der Waals surface area contributed by atoms with Crippen molar-refractivity contribution in [2.45, 2.75) is 19.1 Å². The van der Waals surface area contributed by atoms with Gasteiger partial charge >= 0.3 is 6.18 Å². The maximum Gasteiger partial charge on any atom is 0.418 e. The number of nitrogens with two attached hydrogens (primary N) is 1. The summed E-state index contributed by atoms with van der Waals surface area (Å²) in [6.07, 6.45) is -2.30. The van der Waals surface area contributed by atoms with Crippen LogP contribution in [0.15, 0.2) is 24.7 Å². The number of halogens is 3. The Morgan fingerprint density at radius 2 is 2.10 bits per heavy atom. The van der Waals surface area contributed by atoms with Crippen LogP contribution in [0, 0.1) is 5.92 Å². The van der Waals surface area contributed by atoms with E-state index in [1.807, 2.05) is 6.92 Å². The first-order valence-electron chi connectivity index (χ1n) is 9.46. The topological polar surface area (TPSA) is 119 Å². The van der Waals surface area contributed by atoms with E-state index >= 15 is 0 Å². The highest BCUT2D eigenvalue weighted by Gasteiger charge is 2.37. The van der Waals surface area contributed by atoms with Crippen LogP contribution in [-0.2, 0) is 6.18 Å². The van der Waals surface area contributed by atoms with Gasteiger partial charge in [-0.1, -0.05) is 6.92 Å². The molecular formula is C19H20F3N7O2. The van der Waals surface area contributed by atoms with Gasteiger partial charge in [-0.05, 0) is 24.6 Å². The number of nitrogen functional groups attached to an aromatic ring is 1. The number of carbonyl (C=O) groups is 1. The molecular weight excluding hydrogens is 415 g/mol. The van der Waals surface area contributed by atoms with Crippen LogP contribution >= 0.6 is 0 Å². The zero-order valence-electron chi connectivity index (χ0n) is 16.7. The Hall–Kier alpha value is -3.41. The number of rotatable bonds is 4. The Morgan fingerprint density at radius 3 is 2.74 bits per heavy atom. The lowest BCUT2D eigenvalue weighted by atomic mass is 10.1. The normalized spacial score (nSPS) is 19.0. The molecule has 0 radical (unpaired) electrons. The fourth-order valence-corrected chi connectivity index (χ4v) is 3.66. The second-order valence-corrected chi connectivity index (χ2v) is 7.34. The Kier molecular flexibility index (Phi) is 5.17. The Morgan fingerprint density at radius 1 is 1.32 bits per heavy atom. The van der Waals surface area contributed by atoms with Crippen LogP contribution < -0.4 is 21.1 Å². The number of alkyl halides is 3. The molecule has 9 nitrogen and oxygen atoms in total. The number of hydrogen-bond donors (Lipinski definition) is 3. The van der Waals surface area contributed by atoms with Crippen LogP contribution in [0.25, 0.3) is 16.8 Å². The van der Waals surface area contributed by atoms with Gasteiger partial charge in [0.15, 0.2) is 5.82 Å². The molecule has 3 aromatic rings. The zero-order chi connectivity index (χ0) is 22.3. The summed E-state index contributed by atoms with van der Waals surface area (Å²) >= 11 is 0. The molecule has 4 rings (SSSR count). The fraction of sp³-hybridized carbons (Fsp3) is 0.368. The van der Waals surface area contributed by atoms with Crippen molar-refractivity contribution in [3.05, 3.63) is 35.8 Å². The van der Waals surface area contributed by atoms with Gasteiger partial charge in [0.05, 0.1) is 18.4 Å². The van der Waals surface area contributed by atoms with Crippen LogP contribution in [-0.4, -0.2) is 51.7 Å². The van der Waals surface area contributed by atoms with Crippen molar-refractivity contribution in [3.8, 4) is 17.1 Å². The van der Waals surface area contributed by atoms with Crippen LogP contribution in [0.5, 0.6) is 5.88 Å². The first-order valence-corrected chi connectivity index (χ1v) is 9.46. The average molecular weight is 435 g/mol. The molecule has 4 heterocycles. The quantitative estimate of drug-likeness (QED) is 0.571. The molecule has 164 valence electrons. The van der Waals surface area contributed by atoms with E-state index < -0.39 is 17.6 Å². The molecule has 0 bridgehead atoms. The number of carbonyl (C=O) groups excluding carboxylic acids is 1. The minimum atomic E-state index is -4.67. The lowest BCUT2D eigenvalue weighted by molar-refractivity contribution is -0.136. The lowest BCUT2D eigenvalue weighted by Gasteiger charge is -2.17. The fourth-order valence-electron chi connectivity index (χ4n) is 3.66. The summed E-state index contributed by atoms with van der Waals surface area (Å²) in [6.45, 7) is 3.40. The van der Waals surface area contributed by atoms with Crippen LogP contribution in [0.4, 0.5) is 19.0 Å². The van der Waals surface area contributed by atoms with Gasteiger partial charge in [0.25, 0.3) is 5.91 Å². The second-order valence-electron chi connectivity index (χ2n) is 7.34. The van der Waals surface area contributed by atoms with Crippen molar-refractivity contribution >= 4 is 17.2 Å². The van der Waals surface area contributed by atoms with Gasteiger partial charge in [-0.2, -0.15) is 18.3 Å². The van der Waals surface area contributed by atoms with Crippen molar-refractivity contribution in [2.75, 3.05) is 25.9 Å². The monoisotopic (exact) mass is 435 g/mol. The molecule has 0 aliphatic carbocycles. The van der Waals surface area contributed by atoms with Gasteiger partial charge in [0, 0.05) is 24.3 Å². The summed E-state index contributed by atoms with van der Waals surface area (Å²) in [5, 5.41) is 10.0. The number of pyridine rings is 1. The van der Waals surface area contributed by atoms with Gasteiger partial charge in [-0.3, -0.25) is 4.79 Å². The molecule has 1 saturated heterocycles. The van der Waals surface area contributed by atoms with Gasteiger partial charge < -0.3 is 21.1 Å². The predicted octanol–water partition coefficient (Wildman–Crippen LogP) is 1.74. The van der Waals surface area contributed by atoms with Crippen LogP contribution in [0.1, 0.15) is 22.8 Å². The first-order chi connectivity index (χ1) is 14.7. The minimum Gasteiger partial charge on any atom is -0.480 e. The number of nitrogens with zero attached hydrogens (tertiary/aromatic N) is 4. The maximum atomic E-state index is 13.6. The number of hydrogen-bond acceptors (Lipinski definition) is 7. The molecule has 3 aromatic heterocycles. The van der Waals surface area contributed by atoms with Gasteiger partial charge in [0.2, 0.25) is 5.88 Å². The molecule has 4 N–H and O–H groups in total. The lowest BCUT2D eigenvalue weighted by Crippen LogP contribution is -2.39. The number of aromatic nitrogens is 4. The van der Waals surface area contributed by atoms with Crippen molar-refractivity contribution in [2.24, 2.45) is 5.92 Å². The third kappa shape index (κ3) is 3.74. The molecule has 0 saturated carbocycles. The molecule has 1 fully saturated rings. The van der Waals surface area contributed by atoms with E-state index in [0.717, 1.165) is 23.5 Å².